The first kappa shape index (κ1) is 23.3. The molecule has 0 bridgehead atoms. The van der Waals surface area contributed by atoms with Gasteiger partial charge in [-0.25, -0.2) is 21.2 Å². The molecule has 1 fully saturated rings. The first-order valence-electron chi connectivity index (χ1n) is 9.53. The maximum absolute atomic E-state index is 13.4. The van der Waals surface area contributed by atoms with E-state index in [1.807, 2.05) is 13.8 Å². The van der Waals surface area contributed by atoms with Crippen molar-refractivity contribution in [3.63, 3.8) is 0 Å². The molecule has 0 saturated carbocycles. The largest absolute Gasteiger partial charge is 0.310 e. The second-order valence-electron chi connectivity index (χ2n) is 8.04. The van der Waals surface area contributed by atoms with E-state index in [1.54, 1.807) is 0 Å². The highest BCUT2D eigenvalue weighted by molar-refractivity contribution is 7.96. The molecule has 6 nitrogen and oxygen atoms in total. The summed E-state index contributed by atoms with van der Waals surface area (Å²) in [6.07, 6.45) is 0. The Bertz CT molecular complexity index is 910. The van der Waals surface area contributed by atoms with E-state index in [-0.39, 0.29) is 21.8 Å². The van der Waals surface area contributed by atoms with Crippen molar-refractivity contribution in [1.29, 1.82) is 0 Å². The molecule has 1 saturated heterocycles. The number of sulfone groups is 2. The van der Waals surface area contributed by atoms with E-state index < -0.39 is 42.5 Å². The van der Waals surface area contributed by atoms with Crippen LogP contribution in [0.25, 0.3) is 0 Å². The van der Waals surface area contributed by atoms with E-state index in [4.69, 9.17) is 0 Å². The summed E-state index contributed by atoms with van der Waals surface area (Å²) in [6.45, 7) is 11.9. The molecule has 0 aliphatic carbocycles. The summed E-state index contributed by atoms with van der Waals surface area (Å²) < 4.78 is 64.3. The summed E-state index contributed by atoms with van der Waals surface area (Å²) in [6, 6.07) is 2.77. The number of rotatable bonds is 8. The van der Waals surface area contributed by atoms with Crippen LogP contribution in [0.3, 0.4) is 0 Å². The lowest BCUT2D eigenvalue weighted by Gasteiger charge is -2.38. The molecule has 160 valence electrons. The molecule has 0 aromatic heterocycles. The van der Waals surface area contributed by atoms with Gasteiger partial charge in [0.2, 0.25) is 0 Å². The third-order valence-electron chi connectivity index (χ3n) is 5.56. The van der Waals surface area contributed by atoms with Crippen molar-refractivity contribution in [3.05, 3.63) is 29.6 Å². The number of nitrogens with zero attached hydrogens (tertiary/aromatic N) is 1. The molecule has 2 rings (SSSR count). The van der Waals surface area contributed by atoms with Crippen molar-refractivity contribution in [2.24, 2.45) is 0 Å². The quantitative estimate of drug-likeness (QED) is 0.628. The van der Waals surface area contributed by atoms with Crippen molar-refractivity contribution in [1.82, 2.24) is 10.2 Å². The second-order valence-corrected chi connectivity index (χ2v) is 12.3. The summed E-state index contributed by atoms with van der Waals surface area (Å²) in [7, 11) is -7.41. The number of benzene rings is 1. The summed E-state index contributed by atoms with van der Waals surface area (Å²) >= 11 is 0. The normalized spacial score (nSPS) is 22.7. The number of nitrogens with one attached hydrogen (secondary N) is 1. The van der Waals surface area contributed by atoms with E-state index in [1.165, 1.54) is 13.0 Å². The molecular formula is C19H31FN2O4S2. The minimum atomic E-state index is -3.93. The first-order chi connectivity index (χ1) is 12.8. The van der Waals surface area contributed by atoms with Gasteiger partial charge in [-0.1, -0.05) is 13.8 Å². The average Bonchev–Trinajstić information content (AvgIpc) is 2.89. The molecule has 0 radical (unpaired) electrons. The molecule has 1 aromatic carbocycles. The van der Waals surface area contributed by atoms with E-state index in [0.29, 0.717) is 6.54 Å². The van der Waals surface area contributed by atoms with Crippen LogP contribution in [0.1, 0.15) is 33.3 Å². The Morgan fingerprint density at radius 1 is 1.21 bits per heavy atom. The van der Waals surface area contributed by atoms with Crippen LogP contribution < -0.4 is 5.32 Å². The van der Waals surface area contributed by atoms with Crippen molar-refractivity contribution >= 4 is 19.7 Å². The van der Waals surface area contributed by atoms with Crippen LogP contribution in [0.15, 0.2) is 23.1 Å². The Hall–Kier alpha value is -1.03. The molecular weight excluding hydrogens is 403 g/mol. The van der Waals surface area contributed by atoms with Gasteiger partial charge >= 0.3 is 0 Å². The van der Waals surface area contributed by atoms with Crippen molar-refractivity contribution < 1.29 is 21.2 Å². The summed E-state index contributed by atoms with van der Waals surface area (Å²) in [4.78, 5) is 2.22. The molecule has 1 aromatic rings. The molecule has 0 amide bonds. The third-order valence-corrected chi connectivity index (χ3v) is 9.87. The molecule has 2 atom stereocenters. The van der Waals surface area contributed by atoms with E-state index in [2.05, 4.69) is 24.1 Å². The Morgan fingerprint density at radius 2 is 1.82 bits per heavy atom. The minimum absolute atomic E-state index is 0.00852. The number of hydrogen-bond donors (Lipinski definition) is 1. The zero-order chi connectivity index (χ0) is 21.3. The van der Waals surface area contributed by atoms with E-state index in [0.717, 1.165) is 25.2 Å². The topological polar surface area (TPSA) is 83.6 Å². The van der Waals surface area contributed by atoms with Crippen LogP contribution in [0, 0.1) is 12.7 Å². The molecule has 9 heteroatoms. The van der Waals surface area contributed by atoms with E-state index in [9.17, 15) is 21.2 Å². The first-order valence-corrected chi connectivity index (χ1v) is 12.9. The average molecular weight is 435 g/mol. The molecule has 1 aliphatic rings. The molecule has 1 heterocycles. The van der Waals surface area contributed by atoms with Gasteiger partial charge in [0, 0.05) is 18.1 Å². The SMILES string of the molecule is CCN(CC)C(C)(C)CN[C@H]1CS(=O)(=O)C[C@@H]1S(=O)(=O)c1ccc(F)cc1C. The predicted molar refractivity (Wildman–Crippen MR) is 110 cm³/mol. The predicted octanol–water partition coefficient (Wildman–Crippen LogP) is 1.78. The Morgan fingerprint density at radius 3 is 2.36 bits per heavy atom. The highest BCUT2D eigenvalue weighted by Crippen LogP contribution is 2.28. The standard InChI is InChI=1S/C19H31FN2O4S2/c1-6-22(7-2)19(4,5)13-21-16-11-27(23,24)12-18(16)28(25,26)17-9-8-15(20)10-14(17)3/h8-10,16,18,21H,6-7,11-13H2,1-5H3/t16-,18-/m0/s1. The Kier molecular flexibility index (Phi) is 6.95. The van der Waals surface area contributed by atoms with Crippen molar-refractivity contribution in [3.8, 4) is 0 Å². The number of likely N-dealkylation sites (N-methyl/N-ethyl adjacent to an activating group) is 1. The van der Waals surface area contributed by atoms with E-state index >= 15 is 0 Å². The van der Waals surface area contributed by atoms with Crippen LogP contribution in [0.5, 0.6) is 0 Å². The Balaban J connectivity index is 2.31. The fraction of sp³-hybridized carbons (Fsp3) is 0.684. The summed E-state index contributed by atoms with van der Waals surface area (Å²) in [5, 5.41) is 2.12. The molecule has 0 spiro atoms. The monoisotopic (exact) mass is 434 g/mol. The van der Waals surface area contributed by atoms with Crippen LogP contribution in [-0.4, -0.2) is 69.7 Å². The lowest BCUT2D eigenvalue weighted by molar-refractivity contribution is 0.130. The van der Waals surface area contributed by atoms with Crippen LogP contribution >= 0.6 is 0 Å². The van der Waals surface area contributed by atoms with Crippen LogP contribution in [0.4, 0.5) is 4.39 Å². The maximum Gasteiger partial charge on any atom is 0.184 e. The van der Waals surface area contributed by atoms with Crippen molar-refractivity contribution in [2.75, 3.05) is 31.1 Å². The molecule has 28 heavy (non-hydrogen) atoms. The van der Waals surface area contributed by atoms with Gasteiger partial charge in [0.1, 0.15) is 5.82 Å². The lowest BCUT2D eigenvalue weighted by atomic mass is 10.0. The van der Waals surface area contributed by atoms with Crippen LogP contribution in [0.2, 0.25) is 0 Å². The van der Waals surface area contributed by atoms with Crippen molar-refractivity contribution in [2.45, 2.75) is 56.3 Å². The number of hydrogen-bond acceptors (Lipinski definition) is 6. The van der Waals surface area contributed by atoms with Gasteiger partial charge < -0.3 is 5.32 Å². The zero-order valence-corrected chi connectivity index (χ0v) is 18.8. The summed E-state index contributed by atoms with van der Waals surface area (Å²) in [5.74, 6) is -1.16. The van der Waals surface area contributed by atoms with Crippen LogP contribution in [-0.2, 0) is 19.7 Å². The minimum Gasteiger partial charge on any atom is -0.310 e. The fourth-order valence-corrected chi connectivity index (χ4v) is 8.92. The third kappa shape index (κ3) is 4.93. The highest BCUT2D eigenvalue weighted by Gasteiger charge is 2.46. The fourth-order valence-electron chi connectivity index (χ4n) is 3.98. The molecule has 1 aliphatic heterocycles. The smallest absolute Gasteiger partial charge is 0.184 e. The van der Waals surface area contributed by atoms with Gasteiger partial charge in [0.15, 0.2) is 19.7 Å². The maximum atomic E-state index is 13.4. The molecule has 0 unspecified atom stereocenters. The zero-order valence-electron chi connectivity index (χ0n) is 17.2. The second kappa shape index (κ2) is 8.38. The van der Waals surface area contributed by atoms with Gasteiger partial charge in [0.25, 0.3) is 0 Å². The van der Waals surface area contributed by atoms with Gasteiger partial charge in [-0.3, -0.25) is 4.90 Å². The highest BCUT2D eigenvalue weighted by atomic mass is 32.2. The van der Waals surface area contributed by atoms with Gasteiger partial charge in [0.05, 0.1) is 21.7 Å². The Labute approximate surface area is 168 Å². The number of aryl methyl sites for hydroxylation is 1. The van der Waals surface area contributed by atoms with Gasteiger partial charge in [-0.15, -0.1) is 0 Å². The van der Waals surface area contributed by atoms with Gasteiger partial charge in [-0.2, -0.15) is 0 Å². The lowest BCUT2D eigenvalue weighted by Crippen LogP contribution is -2.54. The number of halogens is 1. The van der Waals surface area contributed by atoms with Gasteiger partial charge in [-0.05, 0) is 57.6 Å². The molecule has 1 N–H and O–H groups in total. The summed E-state index contributed by atoms with van der Waals surface area (Å²) in [5.41, 5.74) is 0.0298.